The quantitative estimate of drug-likeness (QED) is 0.694. The predicted molar refractivity (Wildman–Crippen MR) is 55.8 cm³/mol. The molecule has 0 aromatic rings. The van der Waals surface area contributed by atoms with Crippen LogP contribution in [0.4, 0.5) is 0 Å². The molecule has 0 rings (SSSR count). The Balaban J connectivity index is 4.53. The molecule has 1 N–H and O–H groups in total. The van der Waals surface area contributed by atoms with Crippen molar-refractivity contribution >= 4 is 0 Å². The molecular formula is C11H24O2. The molecule has 80 valence electrons. The van der Waals surface area contributed by atoms with Gasteiger partial charge in [-0.2, -0.15) is 0 Å². The van der Waals surface area contributed by atoms with E-state index in [1.165, 1.54) is 0 Å². The molecule has 0 heterocycles. The standard InChI is InChI=1S/C11H24O2/c1-6-11(7-2,13-8-3)10(12)9(4)5/h9-10,12H,6-8H2,1-5H3. The molecule has 2 nitrogen and oxygen atoms in total. The minimum absolute atomic E-state index is 0.256. The van der Waals surface area contributed by atoms with Gasteiger partial charge in [0.1, 0.15) is 0 Å². The third-order valence-electron chi connectivity index (χ3n) is 2.80. The third-order valence-corrected chi connectivity index (χ3v) is 2.80. The van der Waals surface area contributed by atoms with Gasteiger partial charge in [0.2, 0.25) is 0 Å². The van der Waals surface area contributed by atoms with Crippen molar-refractivity contribution in [2.24, 2.45) is 5.92 Å². The molecule has 0 amide bonds. The molecule has 0 saturated heterocycles. The zero-order valence-electron chi connectivity index (χ0n) is 9.63. The Morgan fingerprint density at radius 1 is 1.15 bits per heavy atom. The van der Waals surface area contributed by atoms with Gasteiger partial charge in [-0.1, -0.05) is 27.7 Å². The maximum atomic E-state index is 10.0. The van der Waals surface area contributed by atoms with E-state index in [0.717, 1.165) is 12.8 Å². The van der Waals surface area contributed by atoms with E-state index in [1.54, 1.807) is 0 Å². The van der Waals surface area contributed by atoms with Crippen LogP contribution in [-0.4, -0.2) is 23.4 Å². The third kappa shape index (κ3) is 2.96. The van der Waals surface area contributed by atoms with Gasteiger partial charge >= 0.3 is 0 Å². The first kappa shape index (κ1) is 12.9. The van der Waals surface area contributed by atoms with Crippen LogP contribution in [-0.2, 0) is 4.74 Å². The molecule has 0 radical (unpaired) electrons. The minimum atomic E-state index is -0.359. The highest BCUT2D eigenvalue weighted by atomic mass is 16.5. The normalized spacial score (nSPS) is 15.0. The average molecular weight is 188 g/mol. The van der Waals surface area contributed by atoms with Crippen molar-refractivity contribution in [3.8, 4) is 0 Å². The first-order valence-electron chi connectivity index (χ1n) is 5.36. The summed E-state index contributed by atoms with van der Waals surface area (Å²) >= 11 is 0. The number of aliphatic hydroxyl groups excluding tert-OH is 1. The predicted octanol–water partition coefficient (Wildman–Crippen LogP) is 2.60. The van der Waals surface area contributed by atoms with Crippen molar-refractivity contribution in [1.29, 1.82) is 0 Å². The highest BCUT2D eigenvalue weighted by Gasteiger charge is 2.36. The lowest BCUT2D eigenvalue weighted by molar-refractivity contribution is -0.139. The second-order valence-corrected chi connectivity index (χ2v) is 3.89. The molecule has 0 aromatic heterocycles. The Morgan fingerprint density at radius 2 is 1.62 bits per heavy atom. The van der Waals surface area contributed by atoms with E-state index >= 15 is 0 Å². The van der Waals surface area contributed by atoms with Gasteiger partial charge in [0.15, 0.2) is 0 Å². The lowest BCUT2D eigenvalue weighted by Crippen LogP contribution is -2.46. The van der Waals surface area contributed by atoms with E-state index in [0.29, 0.717) is 6.61 Å². The van der Waals surface area contributed by atoms with Crippen LogP contribution in [0, 0.1) is 5.92 Å². The maximum Gasteiger partial charge on any atom is 0.0937 e. The van der Waals surface area contributed by atoms with E-state index < -0.39 is 0 Å². The monoisotopic (exact) mass is 188 g/mol. The molecular weight excluding hydrogens is 164 g/mol. The number of aliphatic hydroxyl groups is 1. The van der Waals surface area contributed by atoms with Gasteiger partial charge in [-0.15, -0.1) is 0 Å². The van der Waals surface area contributed by atoms with Crippen molar-refractivity contribution in [2.45, 2.75) is 59.2 Å². The van der Waals surface area contributed by atoms with Crippen molar-refractivity contribution in [2.75, 3.05) is 6.61 Å². The van der Waals surface area contributed by atoms with Crippen molar-refractivity contribution in [1.82, 2.24) is 0 Å². The molecule has 1 unspecified atom stereocenters. The topological polar surface area (TPSA) is 29.5 Å². The van der Waals surface area contributed by atoms with Crippen molar-refractivity contribution in [3.05, 3.63) is 0 Å². The highest BCUT2D eigenvalue weighted by molar-refractivity contribution is 4.87. The van der Waals surface area contributed by atoms with E-state index in [9.17, 15) is 5.11 Å². The number of ether oxygens (including phenoxy) is 1. The maximum absolute atomic E-state index is 10.0. The van der Waals surface area contributed by atoms with Crippen molar-refractivity contribution in [3.63, 3.8) is 0 Å². The number of rotatable bonds is 6. The van der Waals surface area contributed by atoms with E-state index in [1.807, 2.05) is 20.8 Å². The van der Waals surface area contributed by atoms with Gasteiger partial charge in [0, 0.05) is 6.61 Å². The summed E-state index contributed by atoms with van der Waals surface area (Å²) in [6, 6.07) is 0. The largest absolute Gasteiger partial charge is 0.390 e. The van der Waals surface area contributed by atoms with Crippen LogP contribution in [0.1, 0.15) is 47.5 Å². The molecule has 0 spiro atoms. The molecule has 0 aliphatic rings. The van der Waals surface area contributed by atoms with Gasteiger partial charge in [-0.25, -0.2) is 0 Å². The van der Waals surface area contributed by atoms with E-state index in [4.69, 9.17) is 4.74 Å². The zero-order valence-corrected chi connectivity index (χ0v) is 9.63. The van der Waals surface area contributed by atoms with Crippen LogP contribution in [0.3, 0.4) is 0 Å². The van der Waals surface area contributed by atoms with E-state index in [2.05, 4.69) is 13.8 Å². The minimum Gasteiger partial charge on any atom is -0.390 e. The Bertz CT molecular complexity index is 128. The smallest absolute Gasteiger partial charge is 0.0937 e. The fraction of sp³-hybridized carbons (Fsp3) is 1.00. The molecule has 2 heteroatoms. The summed E-state index contributed by atoms with van der Waals surface area (Å²) in [6.45, 7) is 10.9. The van der Waals surface area contributed by atoms with Gasteiger partial charge < -0.3 is 9.84 Å². The first-order chi connectivity index (χ1) is 6.04. The summed E-state index contributed by atoms with van der Waals surface area (Å²) in [6.07, 6.45) is 1.38. The van der Waals surface area contributed by atoms with Crippen molar-refractivity contribution < 1.29 is 9.84 Å². The van der Waals surface area contributed by atoms with Crippen LogP contribution in [0.25, 0.3) is 0 Å². The summed E-state index contributed by atoms with van der Waals surface area (Å²) in [4.78, 5) is 0. The van der Waals surface area contributed by atoms with E-state index in [-0.39, 0.29) is 17.6 Å². The Morgan fingerprint density at radius 3 is 1.85 bits per heavy atom. The fourth-order valence-electron chi connectivity index (χ4n) is 1.85. The summed E-state index contributed by atoms with van der Waals surface area (Å²) in [7, 11) is 0. The Hall–Kier alpha value is -0.0800. The Labute approximate surface area is 82.3 Å². The Kier molecular flexibility index (Phi) is 5.57. The average Bonchev–Trinajstić information content (AvgIpc) is 2.13. The van der Waals surface area contributed by atoms with Gasteiger partial charge in [-0.05, 0) is 25.7 Å². The van der Waals surface area contributed by atoms with Crippen LogP contribution >= 0.6 is 0 Å². The molecule has 0 aromatic carbocycles. The van der Waals surface area contributed by atoms with Gasteiger partial charge in [0.25, 0.3) is 0 Å². The van der Waals surface area contributed by atoms with Crippen LogP contribution in [0.5, 0.6) is 0 Å². The second-order valence-electron chi connectivity index (χ2n) is 3.89. The molecule has 0 saturated carbocycles. The SMILES string of the molecule is CCOC(CC)(CC)C(O)C(C)C. The lowest BCUT2D eigenvalue weighted by Gasteiger charge is -2.38. The first-order valence-corrected chi connectivity index (χ1v) is 5.36. The summed E-state index contributed by atoms with van der Waals surface area (Å²) in [5.74, 6) is 0.256. The zero-order chi connectivity index (χ0) is 10.5. The number of hydrogen-bond acceptors (Lipinski definition) is 2. The molecule has 0 aliphatic heterocycles. The second kappa shape index (κ2) is 5.61. The number of hydrogen-bond donors (Lipinski definition) is 1. The summed E-state index contributed by atoms with van der Waals surface area (Å²) in [5.41, 5.74) is -0.330. The molecule has 13 heavy (non-hydrogen) atoms. The van der Waals surface area contributed by atoms with Crippen LogP contribution in [0.15, 0.2) is 0 Å². The van der Waals surface area contributed by atoms with Gasteiger partial charge in [0.05, 0.1) is 11.7 Å². The summed E-state index contributed by atoms with van der Waals surface area (Å²) in [5, 5.41) is 10.0. The highest BCUT2D eigenvalue weighted by Crippen LogP contribution is 2.28. The lowest BCUT2D eigenvalue weighted by atomic mass is 9.84. The molecule has 0 aliphatic carbocycles. The molecule has 1 atom stereocenters. The van der Waals surface area contributed by atoms with Crippen LogP contribution in [0.2, 0.25) is 0 Å². The van der Waals surface area contributed by atoms with Crippen LogP contribution < -0.4 is 0 Å². The van der Waals surface area contributed by atoms with Gasteiger partial charge in [-0.3, -0.25) is 0 Å². The molecule has 0 bridgehead atoms. The fourth-order valence-corrected chi connectivity index (χ4v) is 1.85. The molecule has 0 fully saturated rings. The summed E-state index contributed by atoms with van der Waals surface area (Å²) < 4.78 is 5.70.